The van der Waals surface area contributed by atoms with E-state index in [-0.39, 0.29) is 0 Å². The number of anilines is 3. The molecule has 10 rings (SSSR count). The molecule has 0 aliphatic rings. The summed E-state index contributed by atoms with van der Waals surface area (Å²) in [5.41, 5.74) is 14.5. The van der Waals surface area contributed by atoms with Crippen LogP contribution in [0.2, 0.25) is 0 Å². The van der Waals surface area contributed by atoms with E-state index >= 15 is 0 Å². The van der Waals surface area contributed by atoms with Crippen molar-refractivity contribution in [1.82, 2.24) is 4.40 Å². The normalized spacial score (nSPS) is 11.6. The molecule has 0 atom stereocenters. The van der Waals surface area contributed by atoms with Gasteiger partial charge in [-0.25, -0.2) is 0 Å². The summed E-state index contributed by atoms with van der Waals surface area (Å²) in [7, 11) is 0. The summed E-state index contributed by atoms with van der Waals surface area (Å²) in [6.45, 7) is 0. The van der Waals surface area contributed by atoms with Gasteiger partial charge in [0.2, 0.25) is 0 Å². The Balaban J connectivity index is 0.992. The lowest BCUT2D eigenvalue weighted by Gasteiger charge is -2.26. The number of benzene rings is 8. The van der Waals surface area contributed by atoms with E-state index in [2.05, 4.69) is 203 Å². The largest absolute Gasteiger partial charge is 0.311 e. The van der Waals surface area contributed by atoms with E-state index in [0.29, 0.717) is 0 Å². The Morgan fingerprint density at radius 1 is 0.280 bits per heavy atom. The lowest BCUT2D eigenvalue weighted by Crippen LogP contribution is -2.09. The highest BCUT2D eigenvalue weighted by molar-refractivity contribution is 6.24. The van der Waals surface area contributed by atoms with Gasteiger partial charge in [0.1, 0.15) is 0 Å². The highest BCUT2D eigenvalue weighted by Gasteiger charge is 2.18. The lowest BCUT2D eigenvalue weighted by atomic mass is 9.97. The molecule has 0 amide bonds. The van der Waals surface area contributed by atoms with Crippen LogP contribution in [0.15, 0.2) is 194 Å². The second-order valence-electron chi connectivity index (χ2n) is 13.0. The molecule has 10 aromatic rings. The quantitative estimate of drug-likeness (QED) is 0.176. The zero-order valence-corrected chi connectivity index (χ0v) is 27.4. The molecule has 50 heavy (non-hydrogen) atoms. The molecule has 0 aliphatic carbocycles. The van der Waals surface area contributed by atoms with Crippen molar-refractivity contribution in [2.45, 2.75) is 0 Å². The minimum absolute atomic E-state index is 1.12. The Hall–Kier alpha value is -6.64. The first-order valence-electron chi connectivity index (χ1n) is 17.2. The summed E-state index contributed by atoms with van der Waals surface area (Å²) in [6, 6.07) is 70.2. The number of fused-ring (bicyclic) bond motifs is 6. The van der Waals surface area contributed by atoms with Gasteiger partial charge in [-0.1, -0.05) is 133 Å². The van der Waals surface area contributed by atoms with E-state index in [1.807, 2.05) is 0 Å². The summed E-state index contributed by atoms with van der Waals surface area (Å²) in [4.78, 5) is 2.32. The first kappa shape index (κ1) is 28.4. The third-order valence-corrected chi connectivity index (χ3v) is 10.1. The van der Waals surface area contributed by atoms with Crippen molar-refractivity contribution >= 4 is 55.2 Å². The van der Waals surface area contributed by atoms with Gasteiger partial charge < -0.3 is 9.30 Å². The van der Waals surface area contributed by atoms with E-state index in [0.717, 1.165) is 17.1 Å². The van der Waals surface area contributed by atoms with Crippen molar-refractivity contribution < 1.29 is 0 Å². The third kappa shape index (κ3) is 4.57. The SMILES string of the molecule is c1ccc(-c2ccc(N(c3ccccc3)c3ccc(-c4ccc(-c5cc6c7ccccc7n7c8ccccc8c(c5)c67)cc4)cc3)cc2)cc1. The summed E-state index contributed by atoms with van der Waals surface area (Å²) < 4.78 is 2.44. The molecular formula is C48H32N2. The van der Waals surface area contributed by atoms with E-state index in [9.17, 15) is 0 Å². The maximum atomic E-state index is 2.44. The molecule has 2 heteroatoms. The molecule has 0 radical (unpaired) electrons. The first-order valence-corrected chi connectivity index (χ1v) is 17.2. The Morgan fingerprint density at radius 2 is 0.640 bits per heavy atom. The second-order valence-corrected chi connectivity index (χ2v) is 13.0. The predicted octanol–water partition coefficient (Wildman–Crippen LogP) is 13.3. The van der Waals surface area contributed by atoms with Crippen LogP contribution in [0.3, 0.4) is 0 Å². The number of hydrogen-bond acceptors (Lipinski definition) is 1. The van der Waals surface area contributed by atoms with Crippen LogP contribution < -0.4 is 4.90 Å². The monoisotopic (exact) mass is 636 g/mol. The molecule has 2 nitrogen and oxygen atoms in total. The molecule has 234 valence electrons. The van der Waals surface area contributed by atoms with Crippen molar-refractivity contribution in [1.29, 1.82) is 0 Å². The highest BCUT2D eigenvalue weighted by Crippen LogP contribution is 2.42. The summed E-state index contributed by atoms with van der Waals surface area (Å²) >= 11 is 0. The highest BCUT2D eigenvalue weighted by atomic mass is 15.1. The topological polar surface area (TPSA) is 7.65 Å². The van der Waals surface area contributed by atoms with Gasteiger partial charge in [0.05, 0.1) is 16.6 Å². The number of hydrogen-bond donors (Lipinski definition) is 0. The van der Waals surface area contributed by atoms with Crippen molar-refractivity contribution in [3.8, 4) is 33.4 Å². The summed E-state index contributed by atoms with van der Waals surface area (Å²) in [6.07, 6.45) is 0. The fourth-order valence-electron chi connectivity index (χ4n) is 7.73. The molecule has 2 aromatic heterocycles. The molecular weight excluding hydrogens is 605 g/mol. The number of rotatable bonds is 6. The van der Waals surface area contributed by atoms with Gasteiger partial charge >= 0.3 is 0 Å². The molecule has 0 saturated heterocycles. The van der Waals surface area contributed by atoms with Crippen molar-refractivity contribution in [2.24, 2.45) is 0 Å². The molecule has 8 aromatic carbocycles. The summed E-state index contributed by atoms with van der Waals surface area (Å²) in [5.74, 6) is 0. The standard InChI is InChI=1S/C48H32N2/c1-3-11-33(12-4-1)35-23-27-40(28-24-35)49(39-13-5-2-6-14-39)41-29-25-36(26-30-41)34-19-21-37(22-20-34)38-31-44-42-15-7-9-17-46(42)50-47-18-10-8-16-43(47)45(32-38)48(44)50/h1-32H. The van der Waals surface area contributed by atoms with Crippen LogP contribution in [-0.2, 0) is 0 Å². The van der Waals surface area contributed by atoms with Crippen LogP contribution in [0.5, 0.6) is 0 Å². The molecule has 0 unspecified atom stereocenters. The summed E-state index contributed by atoms with van der Waals surface area (Å²) in [5, 5.41) is 5.21. The van der Waals surface area contributed by atoms with Crippen LogP contribution in [0.1, 0.15) is 0 Å². The molecule has 0 aliphatic heterocycles. The van der Waals surface area contributed by atoms with Crippen molar-refractivity contribution in [3.63, 3.8) is 0 Å². The van der Waals surface area contributed by atoms with Gasteiger partial charge in [-0.05, 0) is 94.0 Å². The maximum Gasteiger partial charge on any atom is 0.0620 e. The second kappa shape index (κ2) is 11.5. The fourth-order valence-corrected chi connectivity index (χ4v) is 7.73. The van der Waals surface area contributed by atoms with Crippen LogP contribution in [0.25, 0.3) is 71.5 Å². The van der Waals surface area contributed by atoms with E-state index in [1.54, 1.807) is 0 Å². The van der Waals surface area contributed by atoms with Gasteiger partial charge in [-0.2, -0.15) is 0 Å². The smallest absolute Gasteiger partial charge is 0.0620 e. The van der Waals surface area contributed by atoms with Crippen molar-refractivity contribution in [3.05, 3.63) is 194 Å². The molecule has 0 spiro atoms. The van der Waals surface area contributed by atoms with Crippen LogP contribution >= 0.6 is 0 Å². The van der Waals surface area contributed by atoms with Gasteiger partial charge in [0.15, 0.2) is 0 Å². The Morgan fingerprint density at radius 3 is 1.14 bits per heavy atom. The van der Waals surface area contributed by atoms with Gasteiger partial charge in [0.25, 0.3) is 0 Å². The number of aromatic nitrogens is 1. The minimum atomic E-state index is 1.12. The zero-order chi connectivity index (χ0) is 33.0. The fraction of sp³-hybridized carbons (Fsp3) is 0. The zero-order valence-electron chi connectivity index (χ0n) is 27.4. The first-order chi connectivity index (χ1) is 24.8. The van der Waals surface area contributed by atoms with Gasteiger partial charge in [-0.15, -0.1) is 0 Å². The number of nitrogens with zero attached hydrogens (tertiary/aromatic N) is 2. The average Bonchev–Trinajstić information content (AvgIpc) is 3.71. The lowest BCUT2D eigenvalue weighted by molar-refractivity contribution is 1.28. The number of para-hydroxylation sites is 3. The van der Waals surface area contributed by atoms with Crippen LogP contribution in [-0.4, -0.2) is 4.40 Å². The molecule has 0 N–H and O–H groups in total. The molecule has 0 bridgehead atoms. The van der Waals surface area contributed by atoms with Gasteiger partial charge in [-0.3, -0.25) is 0 Å². The predicted molar refractivity (Wildman–Crippen MR) is 212 cm³/mol. The average molecular weight is 637 g/mol. The van der Waals surface area contributed by atoms with Crippen molar-refractivity contribution in [2.75, 3.05) is 4.90 Å². The molecule has 0 fully saturated rings. The molecule has 2 heterocycles. The Kier molecular flexibility index (Phi) is 6.53. The Labute approximate surface area is 291 Å². The minimum Gasteiger partial charge on any atom is -0.311 e. The third-order valence-electron chi connectivity index (χ3n) is 10.1. The molecule has 0 saturated carbocycles. The van der Waals surface area contributed by atoms with E-state index in [1.165, 1.54) is 71.5 Å². The van der Waals surface area contributed by atoms with E-state index in [4.69, 9.17) is 0 Å². The van der Waals surface area contributed by atoms with Gasteiger partial charge in [0, 0.05) is 38.6 Å². The maximum absolute atomic E-state index is 2.44. The van der Waals surface area contributed by atoms with Crippen LogP contribution in [0.4, 0.5) is 17.1 Å². The van der Waals surface area contributed by atoms with Crippen LogP contribution in [0, 0.1) is 0 Å². The van der Waals surface area contributed by atoms with E-state index < -0.39 is 0 Å². The Bertz CT molecular complexity index is 2680.